The molecule has 3 aromatic carbocycles. The summed E-state index contributed by atoms with van der Waals surface area (Å²) < 4.78 is 33.4. The summed E-state index contributed by atoms with van der Waals surface area (Å²) in [6.07, 6.45) is -0.412. The molecular formula is C37H44N4O7Si. The van der Waals surface area contributed by atoms with Crippen molar-refractivity contribution in [3.05, 3.63) is 118 Å². The highest BCUT2D eigenvalue weighted by Gasteiger charge is 2.51. The van der Waals surface area contributed by atoms with Gasteiger partial charge in [-0.1, -0.05) is 75.4 Å². The monoisotopic (exact) mass is 684 g/mol. The number of ether oxygens (including phenoxy) is 4. The largest absolute Gasteiger partial charge is 0.497 e. The minimum Gasteiger partial charge on any atom is -0.497 e. The molecule has 2 N–H and O–H groups in total. The lowest BCUT2D eigenvalue weighted by Crippen LogP contribution is -2.49. The Morgan fingerprint density at radius 3 is 2.02 bits per heavy atom. The number of imidazole rings is 1. The lowest BCUT2D eigenvalue weighted by atomic mass is 9.80. The number of aliphatic hydroxyl groups excluding tert-OH is 1. The lowest BCUT2D eigenvalue weighted by Gasteiger charge is -2.40. The van der Waals surface area contributed by atoms with E-state index in [-0.39, 0.29) is 17.2 Å². The first-order valence-corrected chi connectivity index (χ1v) is 19.2. The first kappa shape index (κ1) is 34.5. The summed E-state index contributed by atoms with van der Waals surface area (Å²) in [5.74, 6) is 1.42. The maximum absolute atomic E-state index is 12.5. The normalized spacial score (nSPS) is 20.1. The van der Waals surface area contributed by atoms with Gasteiger partial charge in [0.2, 0.25) is 0 Å². The van der Waals surface area contributed by atoms with E-state index in [1.54, 1.807) is 18.8 Å². The molecule has 0 unspecified atom stereocenters. The molecule has 1 saturated heterocycles. The molecule has 1 aliphatic rings. The van der Waals surface area contributed by atoms with E-state index in [9.17, 15) is 9.90 Å². The van der Waals surface area contributed by atoms with Crippen molar-refractivity contribution in [1.29, 1.82) is 0 Å². The fourth-order valence-corrected chi connectivity index (χ4v) is 7.38. The maximum Gasteiger partial charge on any atom is 0.292 e. The molecule has 0 saturated carbocycles. The average Bonchev–Trinajstić information content (AvgIpc) is 3.66. The van der Waals surface area contributed by atoms with Crippen molar-refractivity contribution in [2.45, 2.75) is 69.0 Å². The van der Waals surface area contributed by atoms with Gasteiger partial charge < -0.3 is 28.5 Å². The second kappa shape index (κ2) is 13.5. The minimum absolute atomic E-state index is 0.00650. The molecule has 0 bridgehead atoms. The lowest BCUT2D eigenvalue weighted by molar-refractivity contribution is -0.0939. The molecule has 0 aliphatic carbocycles. The Labute approximate surface area is 286 Å². The smallest absolute Gasteiger partial charge is 0.292 e. The van der Waals surface area contributed by atoms with Gasteiger partial charge in [-0.25, -0.2) is 10.1 Å². The average molecular weight is 685 g/mol. The predicted molar refractivity (Wildman–Crippen MR) is 188 cm³/mol. The third-order valence-electron chi connectivity index (χ3n) is 9.86. The molecule has 11 nitrogen and oxygen atoms in total. The van der Waals surface area contributed by atoms with Crippen LogP contribution >= 0.6 is 0 Å². The third kappa shape index (κ3) is 6.42. The fourth-order valence-electron chi connectivity index (χ4n) is 6.09. The molecule has 49 heavy (non-hydrogen) atoms. The molecular weight excluding hydrogens is 641 g/mol. The number of aromatic nitrogens is 4. The van der Waals surface area contributed by atoms with Gasteiger partial charge >= 0.3 is 0 Å². The van der Waals surface area contributed by atoms with Crippen LogP contribution in [0.4, 0.5) is 0 Å². The van der Waals surface area contributed by atoms with E-state index in [0.29, 0.717) is 17.0 Å². The van der Waals surface area contributed by atoms with E-state index in [1.807, 2.05) is 78.9 Å². The summed E-state index contributed by atoms with van der Waals surface area (Å²) in [4.78, 5) is 16.9. The molecule has 3 heterocycles. The first-order chi connectivity index (χ1) is 23.4. The summed E-state index contributed by atoms with van der Waals surface area (Å²) in [5.41, 5.74) is 1.76. The zero-order chi connectivity index (χ0) is 35.0. The molecule has 2 aromatic heterocycles. The topological polar surface area (TPSA) is 130 Å². The molecule has 0 spiro atoms. The van der Waals surface area contributed by atoms with Crippen LogP contribution in [0.15, 0.2) is 96.2 Å². The standard InChI is InChI=1S/C37H44N4O7Si/c1-36(2,3)49(6,7)48-33-32(42)30(47-35(33)41-23-38-31-29(41)21-39-40-34(31)43)22-46-37(24-11-9-8-10-12-24,25-13-17-27(44-4)18-14-25)26-15-19-28(45-5)20-16-26/h8-21,23,30,32-33,35,42H,22H2,1-7H3,(H,40,43)/t30-,32-,33-,35-/m1/s1. The summed E-state index contributed by atoms with van der Waals surface area (Å²) >= 11 is 0. The van der Waals surface area contributed by atoms with E-state index in [2.05, 4.69) is 49.0 Å². The minimum atomic E-state index is -2.43. The van der Waals surface area contributed by atoms with Crippen LogP contribution in [0.5, 0.6) is 11.5 Å². The van der Waals surface area contributed by atoms with Gasteiger partial charge in [-0.05, 0) is 59.1 Å². The number of hydrogen-bond acceptors (Lipinski definition) is 9. The van der Waals surface area contributed by atoms with Gasteiger partial charge in [-0.15, -0.1) is 0 Å². The van der Waals surface area contributed by atoms with Gasteiger partial charge in [-0.3, -0.25) is 9.36 Å². The number of benzene rings is 3. The third-order valence-corrected chi connectivity index (χ3v) is 14.3. The van der Waals surface area contributed by atoms with Crippen molar-refractivity contribution in [2.24, 2.45) is 0 Å². The Morgan fingerprint density at radius 1 is 0.898 bits per heavy atom. The van der Waals surface area contributed by atoms with Crippen molar-refractivity contribution >= 4 is 19.4 Å². The number of fused-ring (bicyclic) bond motifs is 1. The Balaban J connectivity index is 1.43. The highest BCUT2D eigenvalue weighted by molar-refractivity contribution is 6.74. The second-order valence-electron chi connectivity index (χ2n) is 13.8. The second-order valence-corrected chi connectivity index (χ2v) is 18.6. The van der Waals surface area contributed by atoms with Crippen molar-refractivity contribution in [3.8, 4) is 11.5 Å². The molecule has 1 aliphatic heterocycles. The van der Waals surface area contributed by atoms with Crippen LogP contribution in [-0.4, -0.2) is 72.3 Å². The quantitative estimate of drug-likeness (QED) is 0.131. The Morgan fingerprint density at radius 2 is 1.47 bits per heavy atom. The molecule has 12 heteroatoms. The van der Waals surface area contributed by atoms with Crippen molar-refractivity contribution in [1.82, 2.24) is 19.7 Å². The summed E-state index contributed by atoms with van der Waals surface area (Å²) in [6, 6.07) is 25.5. The molecule has 5 aromatic rings. The summed E-state index contributed by atoms with van der Waals surface area (Å²) in [5, 5.41) is 18.3. The van der Waals surface area contributed by atoms with Crippen LogP contribution in [0.25, 0.3) is 11.0 Å². The van der Waals surface area contributed by atoms with Crippen LogP contribution in [0, 0.1) is 0 Å². The van der Waals surface area contributed by atoms with Crippen LogP contribution in [0.3, 0.4) is 0 Å². The van der Waals surface area contributed by atoms with Gasteiger partial charge in [0.1, 0.15) is 35.4 Å². The number of rotatable bonds is 11. The first-order valence-electron chi connectivity index (χ1n) is 16.3. The van der Waals surface area contributed by atoms with E-state index in [0.717, 1.165) is 16.7 Å². The van der Waals surface area contributed by atoms with Gasteiger partial charge in [-0.2, -0.15) is 5.10 Å². The SMILES string of the molecule is COc1ccc(C(OC[C@H]2O[C@@H](n3cnc4c(=O)[nH]ncc43)[C@H](O[Si](C)(C)C(C)(C)C)[C@@H]2O)(c2ccccc2)c2ccc(OC)cc2)cc1. The van der Waals surface area contributed by atoms with Crippen molar-refractivity contribution in [3.63, 3.8) is 0 Å². The molecule has 4 atom stereocenters. The molecule has 0 amide bonds. The van der Waals surface area contributed by atoms with Gasteiger partial charge in [0.05, 0.1) is 38.9 Å². The molecule has 258 valence electrons. The van der Waals surface area contributed by atoms with E-state index < -0.39 is 44.0 Å². The number of aromatic amines is 1. The van der Waals surface area contributed by atoms with E-state index in [4.69, 9.17) is 23.4 Å². The Hall–Kier alpha value is -4.33. The van der Waals surface area contributed by atoms with Crippen molar-refractivity contribution in [2.75, 3.05) is 20.8 Å². The van der Waals surface area contributed by atoms with Gasteiger partial charge in [0.15, 0.2) is 20.1 Å². The number of H-pyrrole nitrogens is 1. The molecule has 1 fully saturated rings. The number of nitrogens with zero attached hydrogens (tertiary/aromatic N) is 3. The maximum atomic E-state index is 12.5. The van der Waals surface area contributed by atoms with E-state index >= 15 is 0 Å². The Kier molecular flexibility index (Phi) is 9.53. The highest BCUT2D eigenvalue weighted by Crippen LogP contribution is 2.45. The van der Waals surface area contributed by atoms with Crippen LogP contribution in [0.2, 0.25) is 18.1 Å². The zero-order valence-electron chi connectivity index (χ0n) is 28.9. The molecule has 0 radical (unpaired) electrons. The van der Waals surface area contributed by atoms with Crippen LogP contribution in [-0.2, 0) is 19.5 Å². The number of nitrogens with one attached hydrogen (secondary N) is 1. The van der Waals surface area contributed by atoms with Crippen molar-refractivity contribution < 1.29 is 28.5 Å². The number of methoxy groups -OCH3 is 2. The highest BCUT2D eigenvalue weighted by atomic mass is 28.4. The summed E-state index contributed by atoms with van der Waals surface area (Å²) in [7, 11) is 0.832. The van der Waals surface area contributed by atoms with Crippen LogP contribution < -0.4 is 15.0 Å². The zero-order valence-corrected chi connectivity index (χ0v) is 29.9. The predicted octanol–water partition coefficient (Wildman–Crippen LogP) is 5.79. The number of hydrogen-bond donors (Lipinski definition) is 2. The van der Waals surface area contributed by atoms with Gasteiger partial charge in [0, 0.05) is 0 Å². The fraction of sp³-hybridized carbons (Fsp3) is 0.378. The van der Waals surface area contributed by atoms with Gasteiger partial charge in [0.25, 0.3) is 5.56 Å². The van der Waals surface area contributed by atoms with Crippen LogP contribution in [0.1, 0.15) is 43.7 Å². The Bertz CT molecular complexity index is 1870. The van der Waals surface area contributed by atoms with E-state index in [1.165, 1.54) is 12.5 Å². The number of aliphatic hydroxyl groups is 1. The molecule has 6 rings (SSSR count). The summed E-state index contributed by atoms with van der Waals surface area (Å²) in [6.45, 7) is 10.7.